The largest absolute Gasteiger partial charge is 1.00 e. The van der Waals surface area contributed by atoms with E-state index < -0.39 is 16.4 Å². The summed E-state index contributed by atoms with van der Waals surface area (Å²) >= 11 is 0. The summed E-state index contributed by atoms with van der Waals surface area (Å²) in [5.74, 6) is -0.878. The maximum atomic E-state index is 11.1. The second-order valence-electron chi connectivity index (χ2n) is 7.11. The standard InChI is InChI=1S/C20H40O5S.Na/c1-3-4-5-6-7-8-9-10-11-12-13-14-15-16-17-18-19-24-26(22,23)25-20(2)21;/h3-19H2,1-2H3;/q;+1. The van der Waals surface area contributed by atoms with Gasteiger partial charge in [0, 0.05) is 6.92 Å². The fraction of sp³-hybridized carbons (Fsp3) is 0.950. The zero-order chi connectivity index (χ0) is 19.5. The molecule has 0 unspecified atom stereocenters. The van der Waals surface area contributed by atoms with Crippen molar-refractivity contribution in [2.45, 2.75) is 117 Å². The van der Waals surface area contributed by atoms with Crippen LogP contribution in [-0.4, -0.2) is 21.0 Å². The summed E-state index contributed by atoms with van der Waals surface area (Å²) in [7, 11) is -4.15. The van der Waals surface area contributed by atoms with Crippen molar-refractivity contribution in [2.75, 3.05) is 6.61 Å². The van der Waals surface area contributed by atoms with Crippen molar-refractivity contribution in [1.29, 1.82) is 0 Å². The molecule has 5 nitrogen and oxygen atoms in total. The third-order valence-corrected chi connectivity index (χ3v) is 5.34. The second kappa shape index (κ2) is 21.1. The van der Waals surface area contributed by atoms with Gasteiger partial charge in [-0.2, -0.15) is 8.42 Å². The van der Waals surface area contributed by atoms with Gasteiger partial charge in [0.05, 0.1) is 6.61 Å². The van der Waals surface area contributed by atoms with E-state index in [1.54, 1.807) is 0 Å². The summed E-state index contributed by atoms with van der Waals surface area (Å²) in [6, 6.07) is 0. The van der Waals surface area contributed by atoms with Gasteiger partial charge in [-0.3, -0.25) is 4.79 Å². The van der Waals surface area contributed by atoms with E-state index in [1.165, 1.54) is 83.5 Å². The molecule has 0 atom stereocenters. The number of rotatable bonds is 19. The van der Waals surface area contributed by atoms with Crippen LogP contribution in [0, 0.1) is 0 Å². The molecule has 0 aliphatic heterocycles. The summed E-state index contributed by atoms with van der Waals surface area (Å²) in [5.41, 5.74) is 0. The number of hydrogen-bond acceptors (Lipinski definition) is 5. The monoisotopic (exact) mass is 415 g/mol. The molecular weight excluding hydrogens is 375 g/mol. The van der Waals surface area contributed by atoms with Crippen molar-refractivity contribution in [3.63, 3.8) is 0 Å². The van der Waals surface area contributed by atoms with Gasteiger partial charge in [0.25, 0.3) is 0 Å². The van der Waals surface area contributed by atoms with Gasteiger partial charge in [-0.1, -0.05) is 103 Å². The first-order chi connectivity index (χ1) is 12.5. The fourth-order valence-electron chi connectivity index (χ4n) is 2.98. The molecule has 0 heterocycles. The van der Waals surface area contributed by atoms with Crippen molar-refractivity contribution in [3.05, 3.63) is 0 Å². The zero-order valence-corrected chi connectivity index (χ0v) is 20.8. The molecule has 0 amide bonds. The topological polar surface area (TPSA) is 69.7 Å². The average Bonchev–Trinajstić information content (AvgIpc) is 2.56. The van der Waals surface area contributed by atoms with Crippen LogP contribution >= 0.6 is 0 Å². The SMILES string of the molecule is CCCCCCCCCCCCCCCCCCOS(=O)(=O)OC(C)=O.[Na+]. The number of carbonyl (C=O) groups excluding carboxylic acids is 1. The molecule has 7 heteroatoms. The van der Waals surface area contributed by atoms with Crippen LogP contribution in [0.1, 0.15) is 117 Å². The van der Waals surface area contributed by atoms with E-state index in [0.717, 1.165) is 19.8 Å². The molecule has 0 fully saturated rings. The predicted octanol–water partition coefficient (Wildman–Crippen LogP) is 3.08. The number of hydrogen-bond donors (Lipinski definition) is 0. The Balaban J connectivity index is 0. The Morgan fingerprint density at radius 3 is 1.33 bits per heavy atom. The van der Waals surface area contributed by atoms with Crippen molar-refractivity contribution < 1.29 is 51.1 Å². The van der Waals surface area contributed by atoms with Crippen LogP contribution in [-0.2, 0) is 23.6 Å². The molecule has 0 radical (unpaired) electrons. The molecule has 0 aliphatic rings. The van der Waals surface area contributed by atoms with Crippen molar-refractivity contribution in [1.82, 2.24) is 0 Å². The van der Waals surface area contributed by atoms with E-state index in [-0.39, 0.29) is 36.2 Å². The molecular formula is C20H40NaO5S+. The van der Waals surface area contributed by atoms with Gasteiger partial charge in [-0.05, 0) is 6.42 Å². The quantitative estimate of drug-likeness (QED) is 0.240. The molecule has 0 aromatic rings. The van der Waals surface area contributed by atoms with E-state index in [4.69, 9.17) is 0 Å². The van der Waals surface area contributed by atoms with Crippen molar-refractivity contribution in [2.24, 2.45) is 0 Å². The molecule has 0 saturated heterocycles. The number of carbonyl (C=O) groups is 1. The van der Waals surface area contributed by atoms with Crippen LogP contribution in [0.5, 0.6) is 0 Å². The summed E-state index contributed by atoms with van der Waals surface area (Å²) in [6.45, 7) is 3.37. The van der Waals surface area contributed by atoms with Crippen LogP contribution in [0.2, 0.25) is 0 Å². The van der Waals surface area contributed by atoms with Crippen LogP contribution in [0.3, 0.4) is 0 Å². The summed E-state index contributed by atoms with van der Waals surface area (Å²) in [6.07, 6.45) is 20.2. The van der Waals surface area contributed by atoms with Gasteiger partial charge in [0.2, 0.25) is 0 Å². The summed E-state index contributed by atoms with van der Waals surface area (Å²) in [4.78, 5) is 10.6. The molecule has 0 N–H and O–H groups in total. The van der Waals surface area contributed by atoms with Gasteiger partial charge in [0.1, 0.15) is 0 Å². The van der Waals surface area contributed by atoms with Gasteiger partial charge in [-0.25, -0.2) is 4.18 Å². The minimum Gasteiger partial charge on any atom is -0.325 e. The molecule has 27 heavy (non-hydrogen) atoms. The average molecular weight is 416 g/mol. The molecule has 156 valence electrons. The second-order valence-corrected chi connectivity index (χ2v) is 8.33. The Morgan fingerprint density at radius 1 is 0.667 bits per heavy atom. The first-order valence-corrected chi connectivity index (χ1v) is 11.9. The Labute approximate surface area is 190 Å². The normalized spacial score (nSPS) is 11.2. The maximum absolute atomic E-state index is 11.1. The first-order valence-electron chi connectivity index (χ1n) is 10.6. The minimum absolute atomic E-state index is 0. The maximum Gasteiger partial charge on any atom is 1.00 e. The van der Waals surface area contributed by atoms with E-state index in [0.29, 0.717) is 6.42 Å². The Morgan fingerprint density at radius 2 is 1.00 bits per heavy atom. The van der Waals surface area contributed by atoms with Gasteiger partial charge in [-0.15, -0.1) is 0 Å². The van der Waals surface area contributed by atoms with E-state index in [1.807, 2.05) is 0 Å². The van der Waals surface area contributed by atoms with Crippen molar-refractivity contribution >= 4 is 16.4 Å². The van der Waals surface area contributed by atoms with Crippen LogP contribution in [0.15, 0.2) is 0 Å². The van der Waals surface area contributed by atoms with Gasteiger partial charge >= 0.3 is 45.9 Å². The molecule has 0 rings (SSSR count). The zero-order valence-electron chi connectivity index (χ0n) is 18.0. The van der Waals surface area contributed by atoms with Gasteiger partial charge < -0.3 is 4.18 Å². The van der Waals surface area contributed by atoms with E-state index >= 15 is 0 Å². The molecule has 0 bridgehead atoms. The molecule has 0 aromatic carbocycles. The number of unbranched alkanes of at least 4 members (excludes halogenated alkanes) is 15. The Kier molecular flexibility index (Phi) is 23.1. The first kappa shape index (κ1) is 29.6. The minimum atomic E-state index is -4.15. The molecule has 0 spiro atoms. The summed E-state index contributed by atoms with van der Waals surface area (Å²) in [5, 5.41) is 0. The van der Waals surface area contributed by atoms with Crippen LogP contribution in [0.25, 0.3) is 0 Å². The van der Waals surface area contributed by atoms with E-state index in [9.17, 15) is 13.2 Å². The molecule has 0 aliphatic carbocycles. The molecule has 0 aromatic heterocycles. The Bertz CT molecular complexity index is 426. The Hall–Kier alpha value is 0.380. The molecule has 0 saturated carbocycles. The smallest absolute Gasteiger partial charge is 0.325 e. The third-order valence-electron chi connectivity index (χ3n) is 4.44. The van der Waals surface area contributed by atoms with Crippen LogP contribution in [0.4, 0.5) is 0 Å². The summed E-state index contributed by atoms with van der Waals surface area (Å²) < 4.78 is 30.9. The fourth-order valence-corrected chi connectivity index (χ4v) is 3.64. The van der Waals surface area contributed by atoms with E-state index in [2.05, 4.69) is 15.3 Å². The van der Waals surface area contributed by atoms with Crippen molar-refractivity contribution in [3.8, 4) is 0 Å². The third kappa shape index (κ3) is 24.3. The van der Waals surface area contributed by atoms with Crippen LogP contribution < -0.4 is 29.6 Å². The predicted molar refractivity (Wildman–Crippen MR) is 106 cm³/mol. The van der Waals surface area contributed by atoms with Gasteiger partial charge in [0.15, 0.2) is 0 Å².